The van der Waals surface area contributed by atoms with Gasteiger partial charge in [-0.25, -0.2) is 5.43 Å². The quantitative estimate of drug-likeness (QED) is 0.332. The summed E-state index contributed by atoms with van der Waals surface area (Å²) in [6.07, 6.45) is 3.21. The minimum absolute atomic E-state index is 0.272. The zero-order valence-corrected chi connectivity index (χ0v) is 19.1. The molecule has 0 aromatic heterocycles. The number of halogens is 1. The largest absolute Gasteiger partial charge is 0.493 e. The van der Waals surface area contributed by atoms with Crippen molar-refractivity contribution < 1.29 is 19.0 Å². The van der Waals surface area contributed by atoms with Crippen molar-refractivity contribution in [3.8, 4) is 11.5 Å². The molecule has 1 amide bonds. The number of amides is 1. The van der Waals surface area contributed by atoms with Gasteiger partial charge < -0.3 is 14.2 Å². The van der Waals surface area contributed by atoms with Crippen LogP contribution in [0.4, 0.5) is 0 Å². The normalized spacial score (nSPS) is 14.4. The Kier molecular flexibility index (Phi) is 8.63. The van der Waals surface area contributed by atoms with Crippen molar-refractivity contribution in [2.75, 3.05) is 40.0 Å². The zero-order chi connectivity index (χ0) is 22.1. The average molecular weight is 488 g/mol. The van der Waals surface area contributed by atoms with Crippen molar-refractivity contribution in [3.05, 3.63) is 70.2 Å². The van der Waals surface area contributed by atoms with Gasteiger partial charge in [0.25, 0.3) is 5.91 Å². The van der Waals surface area contributed by atoms with Crippen LogP contribution in [0.15, 0.2) is 58.6 Å². The molecule has 31 heavy (non-hydrogen) atoms. The van der Waals surface area contributed by atoms with Gasteiger partial charge in [-0.05, 0) is 51.3 Å². The second kappa shape index (κ2) is 11.6. The van der Waals surface area contributed by atoms with Gasteiger partial charge in [0.15, 0.2) is 11.5 Å². The van der Waals surface area contributed by atoms with Gasteiger partial charge >= 0.3 is 0 Å². The van der Waals surface area contributed by atoms with Crippen LogP contribution in [0.1, 0.15) is 21.5 Å². The van der Waals surface area contributed by atoms with Gasteiger partial charge in [0.2, 0.25) is 0 Å². The third kappa shape index (κ3) is 6.65. The predicted octanol–water partition coefficient (Wildman–Crippen LogP) is 3.62. The molecule has 8 heteroatoms. The molecule has 1 heterocycles. The SMILES string of the molecule is C=CCOc1c(Br)cc(/C=N\NC(=O)c2ccc(CN3CCOCC3)cc2)cc1OC. The van der Waals surface area contributed by atoms with Crippen molar-refractivity contribution >= 4 is 28.1 Å². The summed E-state index contributed by atoms with van der Waals surface area (Å²) in [4.78, 5) is 14.7. The van der Waals surface area contributed by atoms with Gasteiger partial charge in [0.1, 0.15) is 6.61 Å². The Morgan fingerprint density at radius 1 is 1.29 bits per heavy atom. The molecule has 1 N–H and O–H groups in total. The Balaban J connectivity index is 1.58. The van der Waals surface area contributed by atoms with E-state index in [4.69, 9.17) is 14.2 Å². The van der Waals surface area contributed by atoms with E-state index in [0.29, 0.717) is 23.7 Å². The molecule has 0 spiro atoms. The molecule has 0 aliphatic carbocycles. The second-order valence-electron chi connectivity index (χ2n) is 6.92. The van der Waals surface area contributed by atoms with Gasteiger partial charge in [-0.2, -0.15) is 5.10 Å². The third-order valence-corrected chi connectivity index (χ3v) is 5.29. The lowest BCUT2D eigenvalue weighted by Crippen LogP contribution is -2.35. The van der Waals surface area contributed by atoms with E-state index >= 15 is 0 Å². The molecule has 2 aromatic carbocycles. The van der Waals surface area contributed by atoms with Crippen molar-refractivity contribution in [2.24, 2.45) is 5.10 Å². The predicted molar refractivity (Wildman–Crippen MR) is 124 cm³/mol. The van der Waals surface area contributed by atoms with E-state index in [2.05, 4.69) is 37.9 Å². The van der Waals surface area contributed by atoms with Crippen molar-refractivity contribution in [1.29, 1.82) is 0 Å². The highest BCUT2D eigenvalue weighted by Crippen LogP contribution is 2.36. The third-order valence-electron chi connectivity index (χ3n) is 4.70. The fraction of sp³-hybridized carbons (Fsp3) is 0.304. The molecule has 2 aromatic rings. The number of ether oxygens (including phenoxy) is 3. The number of hydrazone groups is 1. The number of nitrogens with zero attached hydrogens (tertiary/aromatic N) is 2. The molecule has 0 unspecified atom stereocenters. The molecule has 0 saturated carbocycles. The van der Waals surface area contributed by atoms with Crippen LogP contribution in [-0.4, -0.2) is 57.0 Å². The van der Waals surface area contributed by atoms with Gasteiger partial charge in [-0.1, -0.05) is 24.8 Å². The van der Waals surface area contributed by atoms with E-state index in [1.165, 1.54) is 0 Å². The molecule has 1 aliphatic heterocycles. The van der Waals surface area contributed by atoms with E-state index in [-0.39, 0.29) is 5.91 Å². The number of hydrogen-bond donors (Lipinski definition) is 1. The highest BCUT2D eigenvalue weighted by Gasteiger charge is 2.12. The van der Waals surface area contributed by atoms with Gasteiger partial charge in [0.05, 0.1) is 31.0 Å². The van der Waals surface area contributed by atoms with E-state index in [1.54, 1.807) is 25.5 Å². The minimum Gasteiger partial charge on any atom is -0.493 e. The molecule has 0 atom stereocenters. The summed E-state index contributed by atoms with van der Waals surface area (Å²) in [5.74, 6) is 0.867. The van der Waals surface area contributed by atoms with E-state index < -0.39 is 0 Å². The molecule has 1 aliphatic rings. The maximum Gasteiger partial charge on any atom is 0.271 e. The molecular formula is C23H26BrN3O4. The number of morpholine rings is 1. The molecule has 164 valence electrons. The Hall–Kier alpha value is -2.68. The summed E-state index contributed by atoms with van der Waals surface area (Å²) in [6, 6.07) is 11.2. The Bertz CT molecular complexity index is 925. The fourth-order valence-electron chi connectivity index (χ4n) is 3.11. The number of benzene rings is 2. The molecule has 7 nitrogen and oxygen atoms in total. The maximum atomic E-state index is 12.4. The van der Waals surface area contributed by atoms with Crippen molar-refractivity contribution in [3.63, 3.8) is 0 Å². The monoisotopic (exact) mass is 487 g/mol. The average Bonchev–Trinajstić information content (AvgIpc) is 2.79. The fourth-order valence-corrected chi connectivity index (χ4v) is 3.68. The summed E-state index contributed by atoms with van der Waals surface area (Å²) >= 11 is 3.47. The van der Waals surface area contributed by atoms with E-state index in [0.717, 1.165) is 48.4 Å². The highest BCUT2D eigenvalue weighted by molar-refractivity contribution is 9.10. The first-order valence-electron chi connectivity index (χ1n) is 9.94. The lowest BCUT2D eigenvalue weighted by molar-refractivity contribution is 0.0342. The summed E-state index contributed by atoms with van der Waals surface area (Å²) < 4.78 is 17.1. The van der Waals surface area contributed by atoms with Gasteiger partial charge in [-0.3, -0.25) is 9.69 Å². The van der Waals surface area contributed by atoms with Crippen molar-refractivity contribution in [2.45, 2.75) is 6.54 Å². The summed E-state index contributed by atoms with van der Waals surface area (Å²) in [5, 5.41) is 4.06. The number of carbonyl (C=O) groups excluding carboxylic acids is 1. The standard InChI is InChI=1S/C23H26BrN3O4/c1-3-10-31-22-20(24)13-18(14-21(22)29-2)15-25-26-23(28)19-6-4-17(5-7-19)16-27-8-11-30-12-9-27/h3-7,13-15H,1,8-12,16H2,2H3,(H,26,28)/b25-15-. The Morgan fingerprint density at radius 2 is 2.03 bits per heavy atom. The molecule has 3 rings (SSSR count). The lowest BCUT2D eigenvalue weighted by Gasteiger charge is -2.26. The van der Waals surface area contributed by atoms with Crippen LogP contribution in [0.25, 0.3) is 0 Å². The van der Waals surface area contributed by atoms with Crippen LogP contribution in [0, 0.1) is 0 Å². The first kappa shape index (κ1) is 23.0. The molecule has 1 saturated heterocycles. The summed E-state index contributed by atoms with van der Waals surface area (Å²) in [5.41, 5.74) is 5.02. The molecule has 0 radical (unpaired) electrons. The summed E-state index contributed by atoms with van der Waals surface area (Å²) in [7, 11) is 1.56. The number of rotatable bonds is 9. The smallest absolute Gasteiger partial charge is 0.271 e. The number of nitrogens with one attached hydrogen (secondary N) is 1. The van der Waals surface area contributed by atoms with Crippen LogP contribution in [0.3, 0.4) is 0 Å². The van der Waals surface area contributed by atoms with Crippen LogP contribution >= 0.6 is 15.9 Å². The van der Waals surface area contributed by atoms with E-state index in [1.807, 2.05) is 30.3 Å². The van der Waals surface area contributed by atoms with Crippen LogP contribution < -0.4 is 14.9 Å². The lowest BCUT2D eigenvalue weighted by atomic mass is 10.1. The molecule has 0 bridgehead atoms. The number of carbonyl (C=O) groups is 1. The Labute approximate surface area is 190 Å². The van der Waals surface area contributed by atoms with Crippen LogP contribution in [0.2, 0.25) is 0 Å². The van der Waals surface area contributed by atoms with E-state index in [9.17, 15) is 4.79 Å². The number of methoxy groups -OCH3 is 1. The second-order valence-corrected chi connectivity index (χ2v) is 7.77. The maximum absolute atomic E-state index is 12.4. The minimum atomic E-state index is -0.272. The van der Waals surface area contributed by atoms with Crippen LogP contribution in [0.5, 0.6) is 11.5 Å². The zero-order valence-electron chi connectivity index (χ0n) is 17.5. The Morgan fingerprint density at radius 3 is 2.71 bits per heavy atom. The first-order valence-corrected chi connectivity index (χ1v) is 10.7. The highest BCUT2D eigenvalue weighted by atomic mass is 79.9. The van der Waals surface area contributed by atoms with Gasteiger partial charge in [-0.15, -0.1) is 0 Å². The molecule has 1 fully saturated rings. The topological polar surface area (TPSA) is 72.4 Å². The van der Waals surface area contributed by atoms with Gasteiger partial charge in [0, 0.05) is 25.2 Å². The van der Waals surface area contributed by atoms with Crippen LogP contribution in [-0.2, 0) is 11.3 Å². The summed E-state index contributed by atoms with van der Waals surface area (Å²) in [6.45, 7) is 8.26. The first-order chi connectivity index (χ1) is 15.1. The molecular weight excluding hydrogens is 462 g/mol. The van der Waals surface area contributed by atoms with Crippen molar-refractivity contribution in [1.82, 2.24) is 10.3 Å². The number of hydrogen-bond acceptors (Lipinski definition) is 6.